The van der Waals surface area contributed by atoms with Crippen LogP contribution in [0.3, 0.4) is 0 Å². The van der Waals surface area contributed by atoms with Crippen LogP contribution in [0.25, 0.3) is 11.0 Å². The van der Waals surface area contributed by atoms with E-state index in [1.54, 1.807) is 12.4 Å². The Morgan fingerprint density at radius 1 is 1.15 bits per heavy atom. The van der Waals surface area contributed by atoms with Crippen molar-refractivity contribution < 1.29 is 14.3 Å². The number of carbonyl (C=O) groups excluding carboxylic acids is 1. The summed E-state index contributed by atoms with van der Waals surface area (Å²) in [4.78, 5) is 28.3. The van der Waals surface area contributed by atoms with E-state index in [4.69, 9.17) is 4.98 Å². The zero-order valence-corrected chi connectivity index (χ0v) is 23.0. The van der Waals surface area contributed by atoms with E-state index in [9.17, 15) is 14.3 Å². The van der Waals surface area contributed by atoms with Gasteiger partial charge in [0.1, 0.15) is 17.3 Å². The van der Waals surface area contributed by atoms with Crippen molar-refractivity contribution in [3.63, 3.8) is 0 Å². The molecule has 0 atom stereocenters. The van der Waals surface area contributed by atoms with E-state index < -0.39 is 5.82 Å². The van der Waals surface area contributed by atoms with Gasteiger partial charge in [0, 0.05) is 37.2 Å². The van der Waals surface area contributed by atoms with E-state index in [2.05, 4.69) is 44.4 Å². The summed E-state index contributed by atoms with van der Waals surface area (Å²) in [5, 5.41) is 21.4. The van der Waals surface area contributed by atoms with Gasteiger partial charge in [-0.05, 0) is 69.0 Å². The smallest absolute Gasteiger partial charge is 0.231 e. The second kappa shape index (κ2) is 12.6. The Morgan fingerprint density at radius 3 is 2.60 bits per heavy atom. The molecule has 0 spiro atoms. The molecule has 1 aromatic carbocycles. The molecule has 3 heterocycles. The third-order valence-electron chi connectivity index (χ3n) is 7.76. The van der Waals surface area contributed by atoms with E-state index in [1.807, 2.05) is 10.9 Å². The number of ketones is 1. The summed E-state index contributed by atoms with van der Waals surface area (Å²) in [6.07, 6.45) is 8.95. The fraction of sp³-hybridized carbons (Fsp3) is 0.448. The number of nitrogens with one attached hydrogen (secondary N) is 3. The molecule has 5 rings (SSSR count). The van der Waals surface area contributed by atoms with Crippen molar-refractivity contribution in [3.8, 4) is 0 Å². The molecule has 0 aliphatic heterocycles. The van der Waals surface area contributed by atoms with E-state index in [1.165, 1.54) is 24.3 Å². The van der Waals surface area contributed by atoms with Crippen LogP contribution in [-0.2, 0) is 6.54 Å². The third kappa shape index (κ3) is 6.31. The second-order valence-electron chi connectivity index (χ2n) is 10.3. The first-order valence-electron chi connectivity index (χ1n) is 14.1. The molecule has 212 valence electrons. The molecule has 1 aliphatic carbocycles. The first kappa shape index (κ1) is 27.7. The fourth-order valence-corrected chi connectivity index (χ4v) is 5.28. The summed E-state index contributed by atoms with van der Waals surface area (Å²) in [5.74, 6) is 0.621. The number of aromatic amines is 1. The topological polar surface area (TPSA) is 124 Å². The third-order valence-corrected chi connectivity index (χ3v) is 7.76. The molecule has 1 fully saturated rings. The maximum Gasteiger partial charge on any atom is 0.231 e. The fourth-order valence-electron chi connectivity index (χ4n) is 5.28. The number of aliphatic hydroxyl groups is 1. The number of aromatic nitrogens is 5. The number of nitrogens with zero attached hydrogens (tertiary/aromatic N) is 5. The zero-order chi connectivity index (χ0) is 28.1. The van der Waals surface area contributed by atoms with Crippen molar-refractivity contribution in [3.05, 3.63) is 59.8 Å². The Labute approximate surface area is 233 Å². The number of hydrogen-bond acceptors (Lipinski definition) is 8. The molecule has 0 bridgehead atoms. The molecule has 0 radical (unpaired) electrons. The van der Waals surface area contributed by atoms with Gasteiger partial charge in [-0.15, -0.1) is 0 Å². The van der Waals surface area contributed by atoms with Crippen molar-refractivity contribution in [1.29, 1.82) is 0 Å². The molecule has 4 aromatic rings. The monoisotopic (exact) mass is 548 g/mol. The Kier molecular flexibility index (Phi) is 8.71. The van der Waals surface area contributed by atoms with Crippen molar-refractivity contribution in [2.75, 3.05) is 36.9 Å². The Balaban J connectivity index is 1.42. The molecule has 0 amide bonds. The zero-order valence-electron chi connectivity index (χ0n) is 23.0. The molecule has 0 saturated heterocycles. The van der Waals surface area contributed by atoms with Crippen molar-refractivity contribution >= 4 is 34.3 Å². The van der Waals surface area contributed by atoms with Crippen LogP contribution < -0.4 is 10.6 Å². The van der Waals surface area contributed by atoms with Gasteiger partial charge in [-0.3, -0.25) is 9.48 Å². The van der Waals surface area contributed by atoms with Gasteiger partial charge in [0.25, 0.3) is 0 Å². The lowest BCUT2D eigenvalue weighted by molar-refractivity contribution is 0.104. The predicted octanol–water partition coefficient (Wildman–Crippen LogP) is 4.57. The van der Waals surface area contributed by atoms with Gasteiger partial charge >= 0.3 is 0 Å². The first-order valence-corrected chi connectivity index (χ1v) is 14.1. The van der Waals surface area contributed by atoms with Crippen LogP contribution in [0.4, 0.5) is 21.8 Å². The van der Waals surface area contributed by atoms with Gasteiger partial charge in [-0.1, -0.05) is 13.8 Å². The minimum Gasteiger partial charge on any atom is -0.396 e. The standard InChI is InChI=1S/C29H37FN8O2/c1-3-37(4-2)13-14-38-17-23(15-32-38)34-29-35-27-25(28(36-29)33-22-11-5-19(18-39)6-12-22)24(16-31-27)26(40)20-7-9-21(30)10-8-20/h7-10,15-17,19,22,39H,3-6,11-14,18H2,1-2H3,(H3,31,33,34,35,36). The van der Waals surface area contributed by atoms with Crippen LogP contribution in [-0.4, -0.2) is 72.8 Å². The normalized spacial score (nSPS) is 17.4. The van der Waals surface area contributed by atoms with Gasteiger partial charge in [-0.25, -0.2) is 4.39 Å². The molecule has 4 N–H and O–H groups in total. The first-order chi connectivity index (χ1) is 19.5. The second-order valence-corrected chi connectivity index (χ2v) is 10.3. The molecule has 3 aromatic heterocycles. The van der Waals surface area contributed by atoms with Crippen LogP contribution in [0.1, 0.15) is 55.5 Å². The maximum atomic E-state index is 13.5. The Hall–Kier alpha value is -3.83. The van der Waals surface area contributed by atoms with Gasteiger partial charge in [0.15, 0.2) is 5.78 Å². The van der Waals surface area contributed by atoms with E-state index in [0.717, 1.165) is 57.5 Å². The number of carbonyl (C=O) groups is 1. The van der Waals surface area contributed by atoms with Gasteiger partial charge in [0.05, 0.1) is 29.4 Å². The molecule has 0 unspecified atom stereocenters. The number of likely N-dealkylation sites (N-methyl/N-ethyl adjacent to an activating group) is 1. The lowest BCUT2D eigenvalue weighted by atomic mass is 9.86. The average molecular weight is 549 g/mol. The summed E-state index contributed by atoms with van der Waals surface area (Å²) in [6.45, 7) is 8.18. The number of aliphatic hydroxyl groups excluding tert-OH is 1. The lowest BCUT2D eigenvalue weighted by Gasteiger charge is -2.28. The highest BCUT2D eigenvalue weighted by Crippen LogP contribution is 2.32. The Morgan fingerprint density at radius 2 is 1.90 bits per heavy atom. The van der Waals surface area contributed by atoms with Crippen molar-refractivity contribution in [1.82, 2.24) is 29.6 Å². The Bertz CT molecular complexity index is 1420. The molecular weight excluding hydrogens is 511 g/mol. The summed E-state index contributed by atoms with van der Waals surface area (Å²) in [5.41, 5.74) is 2.09. The summed E-state index contributed by atoms with van der Waals surface area (Å²) in [6, 6.07) is 5.67. The van der Waals surface area contributed by atoms with E-state index in [-0.39, 0.29) is 18.4 Å². The van der Waals surface area contributed by atoms with Gasteiger partial charge < -0.3 is 25.6 Å². The number of rotatable bonds is 12. The van der Waals surface area contributed by atoms with Crippen LogP contribution in [0.5, 0.6) is 0 Å². The molecule has 11 heteroatoms. The van der Waals surface area contributed by atoms with E-state index in [0.29, 0.717) is 39.8 Å². The number of halogens is 1. The molecular formula is C29H37FN8O2. The van der Waals surface area contributed by atoms with Gasteiger partial charge in [-0.2, -0.15) is 15.1 Å². The summed E-state index contributed by atoms with van der Waals surface area (Å²) >= 11 is 0. The predicted molar refractivity (Wildman–Crippen MR) is 153 cm³/mol. The lowest BCUT2D eigenvalue weighted by Crippen LogP contribution is -2.28. The number of hydrogen-bond donors (Lipinski definition) is 4. The van der Waals surface area contributed by atoms with Crippen molar-refractivity contribution in [2.45, 2.75) is 52.1 Å². The van der Waals surface area contributed by atoms with Crippen molar-refractivity contribution in [2.24, 2.45) is 5.92 Å². The highest BCUT2D eigenvalue weighted by Gasteiger charge is 2.25. The SMILES string of the molecule is CCN(CC)CCn1cc(Nc2nc(NC3CCC(CO)CC3)c3c(C(=O)c4ccc(F)cc4)c[nH]c3n2)cn1. The quantitative estimate of drug-likeness (QED) is 0.190. The van der Waals surface area contributed by atoms with Crippen LogP contribution >= 0.6 is 0 Å². The number of fused-ring (bicyclic) bond motifs is 1. The largest absolute Gasteiger partial charge is 0.396 e. The van der Waals surface area contributed by atoms with E-state index >= 15 is 0 Å². The van der Waals surface area contributed by atoms with Crippen LogP contribution in [0, 0.1) is 11.7 Å². The highest BCUT2D eigenvalue weighted by atomic mass is 19.1. The highest BCUT2D eigenvalue weighted by molar-refractivity contribution is 6.18. The molecule has 40 heavy (non-hydrogen) atoms. The number of H-pyrrole nitrogens is 1. The molecule has 1 saturated carbocycles. The minimum absolute atomic E-state index is 0.153. The minimum atomic E-state index is -0.397. The van der Waals surface area contributed by atoms with Crippen LogP contribution in [0.2, 0.25) is 0 Å². The summed E-state index contributed by atoms with van der Waals surface area (Å²) < 4.78 is 15.4. The maximum absolute atomic E-state index is 13.5. The number of anilines is 3. The summed E-state index contributed by atoms with van der Waals surface area (Å²) in [7, 11) is 0. The number of benzene rings is 1. The van der Waals surface area contributed by atoms with Gasteiger partial charge in [0.2, 0.25) is 5.95 Å². The average Bonchev–Trinajstić information content (AvgIpc) is 3.61. The molecule has 10 nitrogen and oxygen atoms in total. The molecule has 1 aliphatic rings. The van der Waals surface area contributed by atoms with Crippen LogP contribution in [0.15, 0.2) is 42.9 Å².